The largest absolute Gasteiger partial charge is 0.310 e. The summed E-state index contributed by atoms with van der Waals surface area (Å²) >= 11 is 0. The van der Waals surface area contributed by atoms with Gasteiger partial charge in [-0.2, -0.15) is 0 Å². The Bertz CT molecular complexity index is 10000. The van der Waals surface area contributed by atoms with Gasteiger partial charge in [0.1, 0.15) is 0 Å². The third-order valence-electron chi connectivity index (χ3n) is 32.2. The molecular weight excluding hydrogens is 1790 g/mol. The molecule has 6 nitrogen and oxygen atoms in total. The summed E-state index contributed by atoms with van der Waals surface area (Å²) in [5.74, 6) is 0. The lowest BCUT2D eigenvalue weighted by Crippen LogP contribution is -2.17. The molecule has 0 bridgehead atoms. The fraction of sp³-hybridized carbons (Fsp3) is 0.0423. The average Bonchev–Trinajstić information content (AvgIpc) is 1.56. The quantitative estimate of drug-likeness (QED) is 0.0908. The number of anilines is 6. The second-order valence-corrected chi connectivity index (χ2v) is 41.0. The number of fused-ring (bicyclic) bond motifs is 19. The number of para-hydroxylation sites is 7. The number of benzene rings is 23. The minimum atomic E-state index is -0.386. The molecule has 29 rings (SSSR count). The Morgan fingerprint density at radius 1 is 0.149 bits per heavy atom. The molecule has 0 unspecified atom stereocenters. The normalized spacial score (nSPS) is 12.8. The second kappa shape index (κ2) is 33.9. The Morgan fingerprint density at radius 2 is 0.432 bits per heavy atom. The maximum Gasteiger partial charge on any atom is 0.0547 e. The lowest BCUT2D eigenvalue weighted by atomic mass is 9.82. The van der Waals surface area contributed by atoms with Crippen LogP contribution >= 0.6 is 0 Å². The molecule has 2 aliphatic rings. The van der Waals surface area contributed by atoms with Gasteiger partial charge in [0, 0.05) is 110 Å². The summed E-state index contributed by atoms with van der Waals surface area (Å²) in [7, 11) is 0. The van der Waals surface area contributed by atoms with E-state index in [2.05, 4.69) is 577 Å². The molecular formula is C142H98N6. The van der Waals surface area contributed by atoms with Crippen LogP contribution < -0.4 is 9.80 Å². The lowest BCUT2D eigenvalue weighted by Gasteiger charge is -2.29. The smallest absolute Gasteiger partial charge is 0.0547 e. The third-order valence-corrected chi connectivity index (χ3v) is 32.2. The molecule has 0 fully saturated rings. The first-order chi connectivity index (χ1) is 72.9. The predicted octanol–water partition coefficient (Wildman–Crippen LogP) is 38.4. The van der Waals surface area contributed by atoms with Crippen LogP contribution in [-0.2, 0) is 10.8 Å². The molecule has 148 heavy (non-hydrogen) atoms. The summed E-state index contributed by atoms with van der Waals surface area (Å²) in [4.78, 5) is 4.94. The van der Waals surface area contributed by atoms with Crippen molar-refractivity contribution in [2.75, 3.05) is 9.80 Å². The monoisotopic (exact) mass is 1890 g/mol. The van der Waals surface area contributed by atoms with Gasteiger partial charge in [0.25, 0.3) is 0 Å². The Hall–Kier alpha value is -18.9. The average molecular weight is 1890 g/mol. The first-order valence-corrected chi connectivity index (χ1v) is 51.5. The molecule has 6 heteroatoms. The topological polar surface area (TPSA) is 26.2 Å². The molecule has 0 radical (unpaired) electrons. The third kappa shape index (κ3) is 13.7. The van der Waals surface area contributed by atoms with Crippen molar-refractivity contribution < 1.29 is 0 Å². The van der Waals surface area contributed by atoms with Crippen LogP contribution in [0.15, 0.2) is 522 Å². The standard InChI is InChI=1S/C142H98N6/c1-141(2)127-87-108(72-78-115(127)117-80-74-110(89-129(117)141)147-133-46-23-16-38-120(133)121-39-17-24-47-134(121)147)143(106-68-62-98(63-69-106)100-64-76-124-122-40-18-21-44-131(122)145(138(124)85-100)103-32-10-6-11-33-103)105-66-58-95(59-67-105)94-54-56-97(57-55-94)99-30-26-31-101(84-99)113-43-27-49-137-140(113)126-42-20-25-48-135(126)148(137)111-75-81-118-116-79-73-109(88-128(116)142(3,4)130(118)90-111)144(107-70-60-96(61-71-107)93-52-50-92(51-53-93)91-28-8-5-9-29-91)136-83-82-112(114-36-14-15-37-119(114)136)102-65-77-125-123-41-19-22-45-132(123)146(139(125)86-102)104-34-12-7-13-35-104/h5-90H,1-4H3. The van der Waals surface area contributed by atoms with E-state index in [9.17, 15) is 0 Å². The van der Waals surface area contributed by atoms with Crippen LogP contribution in [0.3, 0.4) is 0 Å². The van der Waals surface area contributed by atoms with Gasteiger partial charge in [0.2, 0.25) is 0 Å². The first kappa shape index (κ1) is 85.9. The Balaban J connectivity index is 0.478. The fourth-order valence-corrected chi connectivity index (χ4v) is 24.9. The van der Waals surface area contributed by atoms with Gasteiger partial charge in [0.05, 0.1) is 49.8 Å². The van der Waals surface area contributed by atoms with E-state index in [4.69, 9.17) is 0 Å². The summed E-state index contributed by atoms with van der Waals surface area (Å²) in [5.41, 5.74) is 46.6. The van der Waals surface area contributed by atoms with Gasteiger partial charge in [-0.05, 0) is 298 Å². The van der Waals surface area contributed by atoms with Crippen molar-refractivity contribution in [2.45, 2.75) is 38.5 Å². The predicted molar refractivity (Wildman–Crippen MR) is 624 cm³/mol. The minimum Gasteiger partial charge on any atom is -0.310 e. The molecule has 0 saturated heterocycles. The van der Waals surface area contributed by atoms with Crippen LogP contribution in [0, 0.1) is 0 Å². The van der Waals surface area contributed by atoms with Gasteiger partial charge < -0.3 is 28.1 Å². The van der Waals surface area contributed by atoms with E-state index >= 15 is 0 Å². The summed E-state index contributed by atoms with van der Waals surface area (Å²) in [6, 6.07) is 195. The second-order valence-electron chi connectivity index (χ2n) is 41.0. The van der Waals surface area contributed by atoms with Gasteiger partial charge in [-0.25, -0.2) is 0 Å². The fourth-order valence-electron chi connectivity index (χ4n) is 24.9. The van der Waals surface area contributed by atoms with Gasteiger partial charge >= 0.3 is 0 Å². The van der Waals surface area contributed by atoms with Gasteiger partial charge in [-0.1, -0.05) is 380 Å². The Kier molecular flexibility index (Phi) is 19.7. The molecule has 27 aromatic rings. The highest BCUT2D eigenvalue weighted by Gasteiger charge is 2.40. The van der Waals surface area contributed by atoms with Crippen molar-refractivity contribution in [3.05, 3.63) is 544 Å². The van der Waals surface area contributed by atoms with Crippen LogP contribution in [0.1, 0.15) is 49.9 Å². The van der Waals surface area contributed by atoms with Gasteiger partial charge in [-0.15, -0.1) is 0 Å². The van der Waals surface area contributed by atoms with E-state index in [1.165, 1.54) is 176 Å². The van der Waals surface area contributed by atoms with E-state index in [0.29, 0.717) is 0 Å². The van der Waals surface area contributed by atoms with Crippen LogP contribution in [-0.4, -0.2) is 18.3 Å². The summed E-state index contributed by atoms with van der Waals surface area (Å²) in [5, 5.41) is 12.3. The zero-order valence-corrected chi connectivity index (χ0v) is 82.3. The van der Waals surface area contributed by atoms with Crippen molar-refractivity contribution >= 4 is 132 Å². The van der Waals surface area contributed by atoms with Crippen LogP contribution in [0.2, 0.25) is 0 Å². The zero-order chi connectivity index (χ0) is 98.1. The maximum atomic E-state index is 2.51. The highest BCUT2D eigenvalue weighted by Crippen LogP contribution is 2.57. The van der Waals surface area contributed by atoms with Crippen molar-refractivity contribution in [3.8, 4) is 123 Å². The van der Waals surface area contributed by atoms with Crippen molar-refractivity contribution in [1.29, 1.82) is 0 Å². The highest BCUT2D eigenvalue weighted by molar-refractivity contribution is 6.18. The Morgan fingerprint density at radius 3 is 0.905 bits per heavy atom. The molecule has 2 aliphatic carbocycles. The van der Waals surface area contributed by atoms with Gasteiger partial charge in [-0.3, -0.25) is 0 Å². The number of aromatic nitrogens is 4. The molecule has 0 amide bonds. The highest BCUT2D eigenvalue weighted by atomic mass is 15.2. The number of rotatable bonds is 17. The van der Waals surface area contributed by atoms with E-state index in [-0.39, 0.29) is 10.8 Å². The first-order valence-electron chi connectivity index (χ1n) is 51.5. The van der Waals surface area contributed by atoms with Crippen LogP contribution in [0.4, 0.5) is 34.1 Å². The van der Waals surface area contributed by atoms with Crippen molar-refractivity contribution in [1.82, 2.24) is 18.3 Å². The SMILES string of the molecule is CC1(C)c2cc(N(c3ccc(-c4ccc(-c5cccc(-c6cccc7c6c6ccccc6n7-c6ccc7c(c6)C(C)(C)c6cc(N(c8ccc(-c9ccc(-c%10ccccc%10)cc9)cc8)c8ccc(-c9ccc%10c%11ccccc%11n(-c%11ccccc%11)c%10c9)c9ccccc89)ccc6-7)c5)cc4)cc3)c3ccc(-c4ccc5c6ccccc6n(-c6ccccc6)c5c4)cc3)ccc2-c2ccc(-n3c4ccccc4c4ccccc43)cc21. The minimum absolute atomic E-state index is 0.309. The summed E-state index contributed by atoms with van der Waals surface area (Å²) < 4.78 is 9.77. The molecule has 696 valence electrons. The van der Waals surface area contributed by atoms with Gasteiger partial charge in [0.15, 0.2) is 0 Å². The number of hydrogen-bond donors (Lipinski definition) is 0. The van der Waals surface area contributed by atoms with Crippen LogP contribution in [0.25, 0.3) is 221 Å². The van der Waals surface area contributed by atoms with Crippen molar-refractivity contribution in [3.63, 3.8) is 0 Å². The molecule has 4 aromatic heterocycles. The van der Waals surface area contributed by atoms with E-state index in [0.717, 1.165) is 101 Å². The van der Waals surface area contributed by atoms with Crippen LogP contribution in [0.5, 0.6) is 0 Å². The zero-order valence-electron chi connectivity index (χ0n) is 82.3. The Labute approximate surface area is 859 Å². The maximum absolute atomic E-state index is 2.51. The molecule has 0 N–H and O–H groups in total. The molecule has 4 heterocycles. The van der Waals surface area contributed by atoms with Crippen molar-refractivity contribution in [2.24, 2.45) is 0 Å². The summed E-state index contributed by atoms with van der Waals surface area (Å²) in [6.07, 6.45) is 0. The van der Waals surface area contributed by atoms with E-state index in [1.807, 2.05) is 0 Å². The molecule has 0 atom stereocenters. The molecule has 0 spiro atoms. The summed E-state index contributed by atoms with van der Waals surface area (Å²) in [6.45, 7) is 9.66. The van der Waals surface area contributed by atoms with E-state index in [1.54, 1.807) is 0 Å². The molecule has 0 saturated carbocycles. The van der Waals surface area contributed by atoms with E-state index < -0.39 is 0 Å². The number of hydrogen-bond acceptors (Lipinski definition) is 2. The number of nitrogens with zero attached hydrogens (tertiary/aromatic N) is 6. The molecule has 23 aromatic carbocycles. The lowest BCUT2D eigenvalue weighted by molar-refractivity contribution is 0.660. The molecule has 0 aliphatic heterocycles.